The van der Waals surface area contributed by atoms with Crippen molar-refractivity contribution in [2.24, 2.45) is 0 Å². The summed E-state index contributed by atoms with van der Waals surface area (Å²) in [6, 6.07) is 17.2. The first-order chi connectivity index (χ1) is 13.0. The molecule has 0 heterocycles. The molecule has 0 aromatic heterocycles. The molecule has 27 heavy (non-hydrogen) atoms. The minimum absolute atomic E-state index is 0.597. The lowest BCUT2D eigenvalue weighted by atomic mass is 9.99. The lowest BCUT2D eigenvalue weighted by molar-refractivity contribution is 1.47. The van der Waals surface area contributed by atoms with Crippen molar-refractivity contribution < 1.29 is 0 Å². The maximum Gasteiger partial charge on any atom is 0.0499 e. The van der Waals surface area contributed by atoms with Gasteiger partial charge in [-0.25, -0.2) is 0 Å². The standard InChI is InChI=1S/C19H12Cl4.2C2H6/c1-11-2-3-12(8-17(11)21)15-6-4-13(9-18(15)22)16-7-5-14(20)10-19(16)23;2*1-2/h2-10H,1H3;2*1-2H3. The van der Waals surface area contributed by atoms with E-state index in [0.29, 0.717) is 15.1 Å². The highest BCUT2D eigenvalue weighted by atomic mass is 35.5. The van der Waals surface area contributed by atoms with Crippen LogP contribution in [0.1, 0.15) is 33.3 Å². The lowest BCUT2D eigenvalue weighted by Crippen LogP contribution is -1.85. The number of benzene rings is 3. The summed E-state index contributed by atoms with van der Waals surface area (Å²) in [7, 11) is 0. The average Bonchev–Trinajstić information content (AvgIpc) is 2.67. The van der Waals surface area contributed by atoms with Crippen LogP contribution in [-0.4, -0.2) is 0 Å². The predicted molar refractivity (Wildman–Crippen MR) is 125 cm³/mol. The van der Waals surface area contributed by atoms with Gasteiger partial charge in [0.15, 0.2) is 0 Å². The molecule has 0 spiro atoms. The van der Waals surface area contributed by atoms with E-state index >= 15 is 0 Å². The second-order valence-electron chi connectivity index (χ2n) is 5.28. The van der Waals surface area contributed by atoms with Gasteiger partial charge in [-0.15, -0.1) is 0 Å². The Bertz CT molecular complexity index is 886. The fraction of sp³-hybridized carbons (Fsp3) is 0.217. The lowest BCUT2D eigenvalue weighted by Gasteiger charge is -2.10. The molecule has 3 aromatic rings. The Kier molecular flexibility index (Phi) is 10.3. The molecule has 0 saturated carbocycles. The van der Waals surface area contributed by atoms with Gasteiger partial charge in [-0.3, -0.25) is 0 Å². The molecule has 0 aliphatic carbocycles. The number of aryl methyl sites for hydroxylation is 1. The van der Waals surface area contributed by atoms with E-state index < -0.39 is 0 Å². The number of hydrogen-bond acceptors (Lipinski definition) is 0. The van der Waals surface area contributed by atoms with Gasteiger partial charge in [-0.05, 0) is 47.9 Å². The second-order valence-corrected chi connectivity index (χ2v) is 6.94. The molecule has 0 N–H and O–H groups in total. The van der Waals surface area contributed by atoms with Gasteiger partial charge >= 0.3 is 0 Å². The van der Waals surface area contributed by atoms with Crippen LogP contribution in [0.3, 0.4) is 0 Å². The van der Waals surface area contributed by atoms with Crippen LogP contribution in [0.4, 0.5) is 0 Å². The monoisotopic (exact) mass is 440 g/mol. The minimum atomic E-state index is 0.597. The molecule has 0 atom stereocenters. The van der Waals surface area contributed by atoms with Crippen molar-refractivity contribution >= 4 is 46.4 Å². The number of hydrogen-bond donors (Lipinski definition) is 0. The second kappa shape index (κ2) is 11.6. The highest BCUT2D eigenvalue weighted by molar-refractivity contribution is 6.37. The van der Waals surface area contributed by atoms with Gasteiger partial charge in [0.05, 0.1) is 0 Å². The van der Waals surface area contributed by atoms with Gasteiger partial charge in [0.1, 0.15) is 0 Å². The van der Waals surface area contributed by atoms with Crippen molar-refractivity contribution in [2.75, 3.05) is 0 Å². The van der Waals surface area contributed by atoms with E-state index in [1.807, 2.05) is 83.1 Å². The molecular weight excluding hydrogens is 418 g/mol. The quantitative estimate of drug-likeness (QED) is 0.370. The van der Waals surface area contributed by atoms with E-state index in [4.69, 9.17) is 46.4 Å². The topological polar surface area (TPSA) is 0 Å². The fourth-order valence-corrected chi connectivity index (χ4v) is 3.39. The molecule has 0 saturated heterocycles. The number of rotatable bonds is 2. The molecule has 0 aliphatic rings. The molecule has 3 rings (SSSR count). The molecule has 0 fully saturated rings. The molecule has 0 unspecified atom stereocenters. The van der Waals surface area contributed by atoms with Gasteiger partial charge in [0.2, 0.25) is 0 Å². The average molecular weight is 442 g/mol. The summed E-state index contributed by atoms with van der Waals surface area (Å²) in [6.07, 6.45) is 0. The first-order valence-corrected chi connectivity index (χ1v) is 10.5. The Morgan fingerprint density at radius 2 is 0.963 bits per heavy atom. The molecule has 144 valence electrons. The molecule has 0 radical (unpaired) electrons. The zero-order valence-corrected chi connectivity index (χ0v) is 19.2. The molecule has 0 bridgehead atoms. The molecule has 0 amide bonds. The van der Waals surface area contributed by atoms with Crippen molar-refractivity contribution in [3.63, 3.8) is 0 Å². The largest absolute Gasteiger partial charge is 0.0843 e. The Morgan fingerprint density at radius 3 is 1.44 bits per heavy atom. The summed E-state index contributed by atoms with van der Waals surface area (Å²) in [4.78, 5) is 0. The Balaban J connectivity index is 0.000000855. The van der Waals surface area contributed by atoms with Gasteiger partial charge in [0.25, 0.3) is 0 Å². The summed E-state index contributed by atoms with van der Waals surface area (Å²) >= 11 is 24.9. The van der Waals surface area contributed by atoms with Crippen LogP contribution < -0.4 is 0 Å². The third-order valence-corrected chi connectivity index (χ3v) is 4.96. The fourth-order valence-electron chi connectivity index (χ4n) is 2.40. The Hall–Kier alpha value is -1.18. The normalized spacial score (nSPS) is 9.67. The van der Waals surface area contributed by atoms with Crippen molar-refractivity contribution in [3.05, 3.63) is 80.3 Å². The van der Waals surface area contributed by atoms with Crippen LogP contribution >= 0.6 is 46.4 Å². The Labute approximate surface area is 183 Å². The first-order valence-electron chi connectivity index (χ1n) is 8.97. The van der Waals surface area contributed by atoms with Crippen LogP contribution in [0, 0.1) is 6.92 Å². The van der Waals surface area contributed by atoms with Gasteiger partial charge < -0.3 is 0 Å². The molecule has 4 heteroatoms. The first kappa shape index (κ1) is 23.9. The third kappa shape index (κ3) is 6.16. The zero-order chi connectivity index (χ0) is 20.6. The number of halogens is 4. The van der Waals surface area contributed by atoms with Crippen LogP contribution in [0.15, 0.2) is 54.6 Å². The van der Waals surface area contributed by atoms with Crippen molar-refractivity contribution in [1.82, 2.24) is 0 Å². The SMILES string of the molecule is CC.CC.Cc1ccc(-c2ccc(-c3ccc(Cl)cc3Cl)cc2Cl)cc1Cl. The van der Waals surface area contributed by atoms with E-state index in [0.717, 1.165) is 32.8 Å². The zero-order valence-electron chi connectivity index (χ0n) is 16.2. The Morgan fingerprint density at radius 1 is 0.519 bits per heavy atom. The third-order valence-electron chi connectivity index (χ3n) is 3.69. The molecule has 0 aliphatic heterocycles. The van der Waals surface area contributed by atoms with E-state index in [1.165, 1.54) is 0 Å². The smallest absolute Gasteiger partial charge is 0.0499 e. The molecule has 0 nitrogen and oxygen atoms in total. The van der Waals surface area contributed by atoms with Crippen molar-refractivity contribution in [2.45, 2.75) is 34.6 Å². The van der Waals surface area contributed by atoms with E-state index in [9.17, 15) is 0 Å². The van der Waals surface area contributed by atoms with Crippen LogP contribution in [0.2, 0.25) is 20.1 Å². The van der Waals surface area contributed by atoms with E-state index in [1.54, 1.807) is 6.07 Å². The molecular formula is C23H24Cl4. The predicted octanol–water partition coefficient (Wildman–Crippen LogP) is 10.00. The minimum Gasteiger partial charge on any atom is -0.0843 e. The van der Waals surface area contributed by atoms with Crippen molar-refractivity contribution in [3.8, 4) is 22.3 Å². The van der Waals surface area contributed by atoms with Gasteiger partial charge in [-0.1, -0.05) is 104 Å². The van der Waals surface area contributed by atoms with Crippen LogP contribution in [0.5, 0.6) is 0 Å². The highest BCUT2D eigenvalue weighted by Crippen LogP contribution is 2.36. The van der Waals surface area contributed by atoms with Gasteiger partial charge in [0, 0.05) is 31.2 Å². The summed E-state index contributed by atoms with van der Waals surface area (Å²) in [5.41, 5.74) is 4.79. The summed E-state index contributed by atoms with van der Waals surface area (Å²) in [5, 5.41) is 2.58. The maximum absolute atomic E-state index is 6.48. The highest BCUT2D eigenvalue weighted by Gasteiger charge is 2.10. The van der Waals surface area contributed by atoms with Gasteiger partial charge in [-0.2, -0.15) is 0 Å². The summed E-state index contributed by atoms with van der Waals surface area (Å²) in [5.74, 6) is 0. The van der Waals surface area contributed by atoms with E-state index in [2.05, 4.69) is 0 Å². The van der Waals surface area contributed by atoms with Crippen LogP contribution in [0.25, 0.3) is 22.3 Å². The summed E-state index contributed by atoms with van der Waals surface area (Å²) < 4.78 is 0. The van der Waals surface area contributed by atoms with Crippen LogP contribution in [-0.2, 0) is 0 Å². The maximum atomic E-state index is 6.48. The van der Waals surface area contributed by atoms with E-state index in [-0.39, 0.29) is 0 Å². The molecule has 3 aromatic carbocycles. The van der Waals surface area contributed by atoms with Crippen molar-refractivity contribution in [1.29, 1.82) is 0 Å². The summed E-state index contributed by atoms with van der Waals surface area (Å²) in [6.45, 7) is 9.97.